The Balaban J connectivity index is 2.50. The van der Waals surface area contributed by atoms with Crippen molar-refractivity contribution in [3.63, 3.8) is 0 Å². The minimum atomic E-state index is -0.435. The molecule has 0 spiro atoms. The monoisotopic (exact) mass is 204 g/mol. The van der Waals surface area contributed by atoms with Crippen molar-refractivity contribution in [2.24, 2.45) is 0 Å². The summed E-state index contributed by atoms with van der Waals surface area (Å²) in [5.41, 5.74) is 1.57. The maximum Gasteiger partial charge on any atom is 0.270 e. The third-order valence-corrected chi connectivity index (χ3v) is 2.07. The molecule has 0 unspecified atom stereocenters. The molecule has 0 aliphatic rings. The Morgan fingerprint density at radius 3 is 2.87 bits per heavy atom. The Morgan fingerprint density at radius 2 is 2.27 bits per heavy atom. The second-order valence-electron chi connectivity index (χ2n) is 3.15. The normalized spacial score (nSPS) is 10.2. The second kappa shape index (κ2) is 3.53. The topological polar surface area (TPSA) is 69.2 Å². The van der Waals surface area contributed by atoms with Gasteiger partial charge in [-0.3, -0.25) is 10.1 Å². The third-order valence-electron chi connectivity index (χ3n) is 2.07. The van der Waals surface area contributed by atoms with E-state index in [2.05, 4.69) is 5.16 Å². The number of rotatable bonds is 2. The van der Waals surface area contributed by atoms with Gasteiger partial charge in [-0.2, -0.15) is 0 Å². The molecule has 0 saturated carbocycles. The summed E-state index contributed by atoms with van der Waals surface area (Å²) < 4.78 is 5.01. The largest absolute Gasteiger partial charge is 0.356 e. The summed E-state index contributed by atoms with van der Waals surface area (Å²) >= 11 is 0. The molecule has 5 nitrogen and oxygen atoms in total. The van der Waals surface area contributed by atoms with Crippen molar-refractivity contribution < 1.29 is 9.45 Å². The van der Waals surface area contributed by atoms with Crippen LogP contribution >= 0.6 is 0 Å². The van der Waals surface area contributed by atoms with Crippen molar-refractivity contribution in [1.82, 2.24) is 5.16 Å². The molecule has 2 aromatic rings. The highest BCUT2D eigenvalue weighted by Gasteiger charge is 2.11. The fourth-order valence-corrected chi connectivity index (χ4v) is 1.33. The number of nitro groups is 1. The highest BCUT2D eigenvalue weighted by atomic mass is 16.6. The van der Waals surface area contributed by atoms with Crippen LogP contribution < -0.4 is 0 Å². The lowest BCUT2D eigenvalue weighted by Gasteiger charge is -1.96. The predicted molar refractivity (Wildman–Crippen MR) is 53.3 cm³/mol. The van der Waals surface area contributed by atoms with Crippen LogP contribution in [0.2, 0.25) is 0 Å². The minimum absolute atomic E-state index is 0.0447. The number of aromatic nitrogens is 1. The zero-order chi connectivity index (χ0) is 10.8. The first-order valence-electron chi connectivity index (χ1n) is 4.34. The molecule has 2 rings (SSSR count). The maximum atomic E-state index is 10.6. The van der Waals surface area contributed by atoms with Crippen molar-refractivity contribution in [2.75, 3.05) is 0 Å². The van der Waals surface area contributed by atoms with Crippen molar-refractivity contribution in [2.45, 2.75) is 6.92 Å². The Morgan fingerprint density at radius 1 is 1.47 bits per heavy atom. The van der Waals surface area contributed by atoms with E-state index in [1.165, 1.54) is 12.1 Å². The molecule has 1 aromatic heterocycles. The van der Waals surface area contributed by atoms with E-state index in [0.717, 1.165) is 5.56 Å². The van der Waals surface area contributed by atoms with Crippen molar-refractivity contribution in [3.8, 4) is 11.3 Å². The van der Waals surface area contributed by atoms with E-state index in [0.29, 0.717) is 11.3 Å². The number of hydrogen-bond acceptors (Lipinski definition) is 4. The molecule has 76 valence electrons. The molecule has 0 bridgehead atoms. The molecular formula is C10H8N2O3. The van der Waals surface area contributed by atoms with Gasteiger partial charge in [0, 0.05) is 23.3 Å². The van der Waals surface area contributed by atoms with Gasteiger partial charge < -0.3 is 4.52 Å². The lowest BCUT2D eigenvalue weighted by Crippen LogP contribution is -1.87. The van der Waals surface area contributed by atoms with Gasteiger partial charge in [-0.05, 0) is 6.92 Å². The van der Waals surface area contributed by atoms with Crippen molar-refractivity contribution >= 4 is 5.69 Å². The zero-order valence-electron chi connectivity index (χ0n) is 8.01. The summed E-state index contributed by atoms with van der Waals surface area (Å²) in [6.45, 7) is 1.84. The van der Waals surface area contributed by atoms with Crippen LogP contribution in [0.4, 0.5) is 5.69 Å². The van der Waals surface area contributed by atoms with Crippen molar-refractivity contribution in [1.29, 1.82) is 0 Å². The molecule has 0 aliphatic heterocycles. The molecule has 0 amide bonds. The van der Waals surface area contributed by atoms with Crippen LogP contribution in [0.1, 0.15) is 5.56 Å². The van der Waals surface area contributed by atoms with Crippen LogP contribution in [-0.2, 0) is 0 Å². The van der Waals surface area contributed by atoms with Gasteiger partial charge in [0.1, 0.15) is 0 Å². The molecule has 1 aromatic carbocycles. The van der Waals surface area contributed by atoms with E-state index >= 15 is 0 Å². The number of benzene rings is 1. The molecule has 0 radical (unpaired) electrons. The lowest BCUT2D eigenvalue weighted by molar-refractivity contribution is -0.384. The van der Waals surface area contributed by atoms with Crippen LogP contribution in [0, 0.1) is 17.0 Å². The Bertz CT molecular complexity index is 505. The fraction of sp³-hybridized carbons (Fsp3) is 0.100. The van der Waals surface area contributed by atoms with E-state index in [4.69, 9.17) is 4.52 Å². The molecular weight excluding hydrogens is 196 g/mol. The van der Waals surface area contributed by atoms with Crippen LogP contribution in [0.25, 0.3) is 11.3 Å². The van der Waals surface area contributed by atoms with Crippen molar-refractivity contribution in [3.05, 3.63) is 46.1 Å². The SMILES string of the molecule is Cc1cnoc1-c1cccc([N+](=O)[O-])c1. The zero-order valence-corrected chi connectivity index (χ0v) is 8.01. The van der Waals surface area contributed by atoms with E-state index in [1.807, 2.05) is 6.92 Å². The smallest absolute Gasteiger partial charge is 0.270 e. The highest BCUT2D eigenvalue weighted by Crippen LogP contribution is 2.25. The predicted octanol–water partition coefficient (Wildman–Crippen LogP) is 2.56. The maximum absolute atomic E-state index is 10.6. The Hall–Kier alpha value is -2.17. The summed E-state index contributed by atoms with van der Waals surface area (Å²) in [6.07, 6.45) is 1.58. The number of nitrogens with zero attached hydrogens (tertiary/aromatic N) is 2. The first-order valence-corrected chi connectivity index (χ1v) is 4.34. The molecule has 5 heteroatoms. The standard InChI is InChI=1S/C10H8N2O3/c1-7-6-11-15-10(7)8-3-2-4-9(5-8)12(13)14/h2-6H,1H3. The summed E-state index contributed by atoms with van der Waals surface area (Å²) in [7, 11) is 0. The first kappa shape index (κ1) is 9.39. The summed E-state index contributed by atoms with van der Waals surface area (Å²) in [4.78, 5) is 10.1. The molecule has 1 heterocycles. The molecule has 0 N–H and O–H groups in total. The highest BCUT2D eigenvalue weighted by molar-refractivity contribution is 5.63. The minimum Gasteiger partial charge on any atom is -0.356 e. The number of non-ortho nitro benzene ring substituents is 1. The quantitative estimate of drug-likeness (QED) is 0.556. The average molecular weight is 204 g/mol. The van der Waals surface area contributed by atoms with Gasteiger partial charge in [0.05, 0.1) is 11.1 Å². The van der Waals surface area contributed by atoms with Crippen LogP contribution in [0.3, 0.4) is 0 Å². The summed E-state index contributed by atoms with van der Waals surface area (Å²) in [5, 5.41) is 14.2. The van der Waals surface area contributed by atoms with Gasteiger partial charge in [-0.25, -0.2) is 0 Å². The average Bonchev–Trinajstić information content (AvgIpc) is 2.64. The van der Waals surface area contributed by atoms with Gasteiger partial charge in [-0.1, -0.05) is 17.3 Å². The van der Waals surface area contributed by atoms with E-state index < -0.39 is 4.92 Å². The Labute approximate surface area is 85.5 Å². The van der Waals surface area contributed by atoms with Crippen LogP contribution in [-0.4, -0.2) is 10.1 Å². The lowest BCUT2D eigenvalue weighted by atomic mass is 10.1. The van der Waals surface area contributed by atoms with Gasteiger partial charge in [0.2, 0.25) is 0 Å². The number of hydrogen-bond donors (Lipinski definition) is 0. The van der Waals surface area contributed by atoms with E-state index in [9.17, 15) is 10.1 Å². The second-order valence-corrected chi connectivity index (χ2v) is 3.15. The Kier molecular flexibility index (Phi) is 2.21. The van der Waals surface area contributed by atoms with Crippen LogP contribution in [0.5, 0.6) is 0 Å². The number of aryl methyl sites for hydroxylation is 1. The molecule has 0 saturated heterocycles. The van der Waals surface area contributed by atoms with Crippen LogP contribution in [0.15, 0.2) is 35.0 Å². The summed E-state index contributed by atoms with van der Waals surface area (Å²) in [5.74, 6) is 0.568. The number of nitro benzene ring substituents is 1. The molecule has 15 heavy (non-hydrogen) atoms. The molecule has 0 fully saturated rings. The first-order chi connectivity index (χ1) is 7.18. The summed E-state index contributed by atoms with van der Waals surface area (Å²) in [6, 6.07) is 6.28. The molecule has 0 aliphatic carbocycles. The molecule has 0 atom stereocenters. The van der Waals surface area contributed by atoms with E-state index in [1.54, 1.807) is 18.3 Å². The van der Waals surface area contributed by atoms with Gasteiger partial charge in [0.15, 0.2) is 5.76 Å². The van der Waals surface area contributed by atoms with Gasteiger partial charge >= 0.3 is 0 Å². The fourth-order valence-electron chi connectivity index (χ4n) is 1.33. The van der Waals surface area contributed by atoms with Gasteiger partial charge in [0.25, 0.3) is 5.69 Å². The third kappa shape index (κ3) is 1.71. The van der Waals surface area contributed by atoms with E-state index in [-0.39, 0.29) is 5.69 Å². The van der Waals surface area contributed by atoms with Gasteiger partial charge in [-0.15, -0.1) is 0 Å².